The molecule has 0 heterocycles. The van der Waals surface area contributed by atoms with Crippen LogP contribution in [-0.4, -0.2) is 0 Å². The Hall–Kier alpha value is -6.50. The van der Waals surface area contributed by atoms with Gasteiger partial charge in [-0.2, -0.15) is 0 Å². The van der Waals surface area contributed by atoms with Gasteiger partial charge in [0, 0.05) is 0 Å². The van der Waals surface area contributed by atoms with Crippen LogP contribution in [-0.2, 0) is 0 Å². The molecule has 0 aliphatic rings. The fourth-order valence-corrected chi connectivity index (χ4v) is 8.16. The average Bonchev–Trinajstić information content (AvgIpc) is 3.19. The van der Waals surface area contributed by atoms with Crippen molar-refractivity contribution in [1.29, 1.82) is 0 Å². The first-order valence-corrected chi connectivity index (χ1v) is 17.4. The van der Waals surface area contributed by atoms with Crippen molar-refractivity contribution in [2.75, 3.05) is 0 Å². The van der Waals surface area contributed by atoms with Crippen molar-refractivity contribution in [1.82, 2.24) is 0 Å². The molecule has 0 aromatic heterocycles. The van der Waals surface area contributed by atoms with E-state index in [1.165, 1.54) is 98.4 Å². The summed E-state index contributed by atoms with van der Waals surface area (Å²) in [6.07, 6.45) is 0. The molecule has 0 saturated heterocycles. The van der Waals surface area contributed by atoms with Crippen molar-refractivity contribution < 1.29 is 0 Å². The van der Waals surface area contributed by atoms with E-state index >= 15 is 0 Å². The Kier molecular flexibility index (Phi) is 6.60. The molecule has 0 radical (unpaired) electrons. The molecule has 0 amide bonds. The topological polar surface area (TPSA) is 0 Å². The molecule has 0 N–H and O–H groups in total. The normalized spacial score (nSPS) is 11.6. The van der Waals surface area contributed by atoms with E-state index in [1.807, 2.05) is 0 Å². The number of hydrogen-bond donors (Lipinski definition) is 0. The van der Waals surface area contributed by atoms with Gasteiger partial charge >= 0.3 is 0 Å². The van der Waals surface area contributed by atoms with E-state index in [0.29, 0.717) is 0 Å². The van der Waals surface area contributed by atoms with Gasteiger partial charge in [-0.15, -0.1) is 0 Å². The summed E-state index contributed by atoms with van der Waals surface area (Å²) in [6.45, 7) is 0. The van der Waals surface area contributed by atoms with Crippen LogP contribution in [0.1, 0.15) is 0 Å². The minimum Gasteiger partial charge on any atom is -0.0622 e. The van der Waals surface area contributed by atoms with Crippen molar-refractivity contribution in [2.45, 2.75) is 0 Å². The Morgan fingerprint density at radius 3 is 1.40 bits per heavy atom. The van der Waals surface area contributed by atoms with E-state index in [1.54, 1.807) is 0 Å². The van der Waals surface area contributed by atoms with Gasteiger partial charge in [0.05, 0.1) is 0 Å². The molecular formula is C50H32. The third kappa shape index (κ3) is 4.54. The van der Waals surface area contributed by atoms with Crippen LogP contribution in [0.15, 0.2) is 194 Å². The number of fused-ring (bicyclic) bond motifs is 6. The van der Waals surface area contributed by atoms with Gasteiger partial charge in [0.1, 0.15) is 0 Å². The van der Waals surface area contributed by atoms with E-state index in [2.05, 4.69) is 194 Å². The van der Waals surface area contributed by atoms with E-state index < -0.39 is 0 Å². The molecule has 0 fully saturated rings. The predicted octanol–water partition coefficient (Wildman–Crippen LogP) is 14.1. The highest BCUT2D eigenvalue weighted by Gasteiger charge is 2.19. The summed E-state index contributed by atoms with van der Waals surface area (Å²) >= 11 is 0. The van der Waals surface area contributed by atoms with Crippen LogP contribution in [0.25, 0.3) is 98.4 Å². The van der Waals surface area contributed by atoms with Crippen LogP contribution in [0.3, 0.4) is 0 Å². The standard InChI is InChI=1S/C50H32/c1-2-14-34(15-3-1)39-17-6-9-21-43(39)50-46-24-12-10-22-44(46)49(45-23-11-13-25-47(45)50)37-29-27-33-26-28-36(30-38(33)31-37)48-32-35-16-4-5-18-40(35)41-19-7-8-20-42(41)48/h1-32H. The fourth-order valence-electron chi connectivity index (χ4n) is 8.16. The average molecular weight is 633 g/mol. The van der Waals surface area contributed by atoms with Gasteiger partial charge in [-0.3, -0.25) is 0 Å². The fraction of sp³-hybridized carbons (Fsp3) is 0. The third-order valence-corrected chi connectivity index (χ3v) is 10.4. The molecule has 232 valence electrons. The van der Waals surface area contributed by atoms with Crippen LogP contribution in [0.5, 0.6) is 0 Å². The quantitative estimate of drug-likeness (QED) is 0.134. The van der Waals surface area contributed by atoms with Gasteiger partial charge in [-0.25, -0.2) is 0 Å². The van der Waals surface area contributed by atoms with Crippen LogP contribution in [0, 0.1) is 0 Å². The van der Waals surface area contributed by atoms with Gasteiger partial charge in [0.25, 0.3) is 0 Å². The summed E-state index contributed by atoms with van der Waals surface area (Å²) in [7, 11) is 0. The summed E-state index contributed by atoms with van der Waals surface area (Å²) in [5, 5.41) is 12.7. The SMILES string of the molecule is c1ccc(-c2ccccc2-c2c3ccccc3c(-c3ccc4ccc(-c5cc6ccccc6c6ccccc56)cc4c3)c3ccccc23)cc1. The second-order valence-electron chi connectivity index (χ2n) is 13.2. The molecule has 0 aliphatic carbocycles. The lowest BCUT2D eigenvalue weighted by Crippen LogP contribution is -1.92. The van der Waals surface area contributed by atoms with E-state index in [9.17, 15) is 0 Å². The van der Waals surface area contributed by atoms with Crippen molar-refractivity contribution in [2.24, 2.45) is 0 Å². The van der Waals surface area contributed by atoms with Crippen LogP contribution < -0.4 is 0 Å². The Bertz CT molecular complexity index is 2860. The molecule has 0 aliphatic heterocycles. The second kappa shape index (κ2) is 11.6. The minimum atomic E-state index is 1.23. The Labute approximate surface area is 291 Å². The Morgan fingerprint density at radius 2 is 0.700 bits per heavy atom. The predicted molar refractivity (Wildman–Crippen MR) is 216 cm³/mol. The first-order valence-electron chi connectivity index (χ1n) is 17.4. The maximum Gasteiger partial charge on any atom is -0.00201 e. The summed E-state index contributed by atoms with van der Waals surface area (Å²) in [6, 6.07) is 71.3. The van der Waals surface area contributed by atoms with E-state index in [0.717, 1.165) is 0 Å². The zero-order valence-corrected chi connectivity index (χ0v) is 27.5. The highest BCUT2D eigenvalue weighted by Crippen LogP contribution is 2.46. The van der Waals surface area contributed by atoms with Crippen LogP contribution in [0.2, 0.25) is 0 Å². The lowest BCUT2D eigenvalue weighted by Gasteiger charge is -2.20. The first kappa shape index (κ1) is 28.5. The maximum absolute atomic E-state index is 2.40. The van der Waals surface area contributed by atoms with Gasteiger partial charge in [-0.1, -0.05) is 176 Å². The van der Waals surface area contributed by atoms with Gasteiger partial charge < -0.3 is 0 Å². The number of rotatable bonds is 4. The summed E-state index contributed by atoms with van der Waals surface area (Å²) in [5.74, 6) is 0. The van der Waals surface area contributed by atoms with Crippen LogP contribution >= 0.6 is 0 Å². The zero-order chi connectivity index (χ0) is 33.0. The maximum atomic E-state index is 2.40. The van der Waals surface area contributed by atoms with Crippen molar-refractivity contribution >= 4 is 53.9 Å². The molecule has 0 unspecified atom stereocenters. The number of hydrogen-bond acceptors (Lipinski definition) is 0. The second-order valence-corrected chi connectivity index (χ2v) is 13.2. The van der Waals surface area contributed by atoms with E-state index in [-0.39, 0.29) is 0 Å². The molecule has 10 aromatic carbocycles. The molecule has 0 bridgehead atoms. The van der Waals surface area contributed by atoms with Gasteiger partial charge in [0.15, 0.2) is 0 Å². The molecule has 10 aromatic rings. The Balaban J connectivity index is 1.21. The smallest absolute Gasteiger partial charge is 0.00201 e. The molecular weight excluding hydrogens is 601 g/mol. The molecule has 0 atom stereocenters. The third-order valence-electron chi connectivity index (χ3n) is 10.4. The summed E-state index contributed by atoms with van der Waals surface area (Å²) in [5.41, 5.74) is 10.0. The van der Waals surface area contributed by atoms with E-state index in [4.69, 9.17) is 0 Å². The van der Waals surface area contributed by atoms with Crippen molar-refractivity contribution in [3.8, 4) is 44.5 Å². The largest absolute Gasteiger partial charge is 0.0622 e. The van der Waals surface area contributed by atoms with Crippen LogP contribution in [0.4, 0.5) is 0 Å². The lowest BCUT2D eigenvalue weighted by molar-refractivity contribution is 1.61. The van der Waals surface area contributed by atoms with Gasteiger partial charge in [0.2, 0.25) is 0 Å². The highest BCUT2D eigenvalue weighted by atomic mass is 14.2. The highest BCUT2D eigenvalue weighted by molar-refractivity contribution is 6.23. The zero-order valence-electron chi connectivity index (χ0n) is 27.5. The molecule has 0 heteroatoms. The lowest BCUT2D eigenvalue weighted by atomic mass is 9.83. The minimum absolute atomic E-state index is 1.23. The summed E-state index contributed by atoms with van der Waals surface area (Å²) < 4.78 is 0. The van der Waals surface area contributed by atoms with Crippen molar-refractivity contribution in [3.05, 3.63) is 194 Å². The summed E-state index contributed by atoms with van der Waals surface area (Å²) in [4.78, 5) is 0. The molecule has 0 saturated carbocycles. The first-order chi connectivity index (χ1) is 24.8. The Morgan fingerprint density at radius 1 is 0.200 bits per heavy atom. The van der Waals surface area contributed by atoms with Gasteiger partial charge in [-0.05, 0) is 117 Å². The van der Waals surface area contributed by atoms with Crippen molar-refractivity contribution in [3.63, 3.8) is 0 Å². The molecule has 0 spiro atoms. The monoisotopic (exact) mass is 632 g/mol. The molecule has 50 heavy (non-hydrogen) atoms. The molecule has 10 rings (SSSR count). The number of benzene rings is 10. The molecule has 0 nitrogen and oxygen atoms in total.